The van der Waals surface area contributed by atoms with Gasteiger partial charge in [0, 0.05) is 12.0 Å². The molecule has 1 aliphatic heterocycles. The highest BCUT2D eigenvalue weighted by molar-refractivity contribution is 5.77. The van der Waals surface area contributed by atoms with Gasteiger partial charge in [0.1, 0.15) is 12.4 Å². The largest absolute Gasteiger partial charge is 0.491 e. The number of carbonyl (C=O) groups is 1. The Bertz CT molecular complexity index is 634. The molecule has 1 aliphatic rings. The molecule has 2 aromatic carbocycles. The van der Waals surface area contributed by atoms with Crippen LogP contribution in [-0.2, 0) is 11.2 Å². The maximum absolute atomic E-state index is 12.1. The molecule has 1 heterocycles. The Morgan fingerprint density at radius 2 is 1.95 bits per heavy atom. The Hall–Kier alpha value is -2.29. The highest BCUT2D eigenvalue weighted by atomic mass is 16.5. The van der Waals surface area contributed by atoms with Gasteiger partial charge in [-0.25, -0.2) is 0 Å². The minimum Gasteiger partial charge on any atom is -0.491 e. The quantitative estimate of drug-likeness (QED) is 0.934. The van der Waals surface area contributed by atoms with Gasteiger partial charge >= 0.3 is 0 Å². The topological polar surface area (TPSA) is 38.3 Å². The lowest BCUT2D eigenvalue weighted by Gasteiger charge is -2.11. The van der Waals surface area contributed by atoms with Crippen LogP contribution in [0.4, 0.5) is 0 Å². The maximum atomic E-state index is 12.1. The fourth-order valence-electron chi connectivity index (χ4n) is 2.56. The first-order chi connectivity index (χ1) is 10.2. The molecule has 0 fully saturated rings. The van der Waals surface area contributed by atoms with E-state index in [1.54, 1.807) is 0 Å². The molecule has 0 aromatic heterocycles. The summed E-state index contributed by atoms with van der Waals surface area (Å²) in [6.45, 7) is 2.59. The fourth-order valence-corrected chi connectivity index (χ4v) is 2.56. The fraction of sp³-hybridized carbons (Fsp3) is 0.278. The first kappa shape index (κ1) is 13.7. The zero-order valence-corrected chi connectivity index (χ0v) is 12.1. The molecular formula is C18H19NO2. The average molecular weight is 281 g/mol. The van der Waals surface area contributed by atoms with Crippen LogP contribution in [0.15, 0.2) is 48.5 Å². The van der Waals surface area contributed by atoms with Gasteiger partial charge < -0.3 is 10.1 Å². The van der Waals surface area contributed by atoms with E-state index in [1.807, 2.05) is 24.3 Å². The minimum absolute atomic E-state index is 0.0216. The summed E-state index contributed by atoms with van der Waals surface area (Å²) in [5, 5.41) is 3.05. The predicted octanol–water partition coefficient (Wildman–Crippen LogP) is 3.18. The summed E-state index contributed by atoms with van der Waals surface area (Å²) in [5.74, 6) is 0.946. The second kappa shape index (κ2) is 6.00. The number of carbonyl (C=O) groups excluding carboxylic acids is 1. The molecule has 108 valence electrons. The molecule has 0 saturated heterocycles. The molecule has 1 atom stereocenters. The Kier molecular flexibility index (Phi) is 3.91. The Morgan fingerprint density at radius 1 is 1.19 bits per heavy atom. The highest BCUT2D eigenvalue weighted by Crippen LogP contribution is 2.31. The van der Waals surface area contributed by atoms with Crippen LogP contribution in [0, 0.1) is 6.92 Å². The van der Waals surface area contributed by atoms with Crippen LogP contribution in [0.5, 0.6) is 5.75 Å². The summed E-state index contributed by atoms with van der Waals surface area (Å²) in [4.78, 5) is 12.1. The smallest absolute Gasteiger partial charge is 0.220 e. The third-order valence-electron chi connectivity index (χ3n) is 3.80. The van der Waals surface area contributed by atoms with Gasteiger partial charge in [0.05, 0.1) is 6.04 Å². The third kappa shape index (κ3) is 3.24. The van der Waals surface area contributed by atoms with Crippen molar-refractivity contribution in [3.05, 3.63) is 65.2 Å². The van der Waals surface area contributed by atoms with Crippen molar-refractivity contribution >= 4 is 5.91 Å². The van der Waals surface area contributed by atoms with Crippen molar-refractivity contribution in [1.82, 2.24) is 5.32 Å². The highest BCUT2D eigenvalue weighted by Gasteiger charge is 2.24. The zero-order valence-electron chi connectivity index (χ0n) is 12.1. The molecule has 1 unspecified atom stereocenters. The molecule has 0 bridgehead atoms. The lowest BCUT2D eigenvalue weighted by atomic mass is 10.1. The maximum Gasteiger partial charge on any atom is 0.220 e. The van der Waals surface area contributed by atoms with Gasteiger partial charge in [0.2, 0.25) is 5.91 Å². The molecule has 1 N–H and O–H groups in total. The Balaban J connectivity index is 1.54. The minimum atomic E-state index is -0.0216. The van der Waals surface area contributed by atoms with Crippen molar-refractivity contribution < 1.29 is 9.53 Å². The lowest BCUT2D eigenvalue weighted by Crippen LogP contribution is -2.29. The Labute approximate surface area is 124 Å². The number of benzene rings is 2. The standard InChI is InChI=1S/C18H19NO2/c1-13-6-8-14(9-7-13)10-11-18(20)19-16-12-21-17-5-3-2-4-15(16)17/h2-9,16H,10-12H2,1H3,(H,19,20). The molecule has 0 aliphatic carbocycles. The van der Waals surface area contributed by atoms with E-state index in [0.717, 1.165) is 17.7 Å². The van der Waals surface area contributed by atoms with Crippen molar-refractivity contribution in [3.8, 4) is 5.75 Å². The van der Waals surface area contributed by atoms with E-state index < -0.39 is 0 Å². The van der Waals surface area contributed by atoms with Crippen LogP contribution in [0.25, 0.3) is 0 Å². The predicted molar refractivity (Wildman–Crippen MR) is 82.3 cm³/mol. The van der Waals surface area contributed by atoms with Crippen molar-refractivity contribution in [2.24, 2.45) is 0 Å². The van der Waals surface area contributed by atoms with Crippen molar-refractivity contribution in [3.63, 3.8) is 0 Å². The third-order valence-corrected chi connectivity index (χ3v) is 3.80. The number of ether oxygens (including phenoxy) is 1. The van der Waals surface area contributed by atoms with Gasteiger partial charge in [-0.2, -0.15) is 0 Å². The van der Waals surface area contributed by atoms with E-state index in [4.69, 9.17) is 4.74 Å². The van der Waals surface area contributed by atoms with E-state index in [0.29, 0.717) is 13.0 Å². The second-order valence-electron chi connectivity index (χ2n) is 5.45. The summed E-state index contributed by atoms with van der Waals surface area (Å²) in [6.07, 6.45) is 1.27. The number of nitrogens with one attached hydrogen (secondary N) is 1. The summed E-state index contributed by atoms with van der Waals surface area (Å²) < 4.78 is 5.57. The number of rotatable bonds is 4. The monoisotopic (exact) mass is 281 g/mol. The van der Waals surface area contributed by atoms with E-state index in [-0.39, 0.29) is 11.9 Å². The van der Waals surface area contributed by atoms with Gasteiger partial charge in [-0.15, -0.1) is 0 Å². The first-order valence-corrected chi connectivity index (χ1v) is 7.29. The lowest BCUT2D eigenvalue weighted by molar-refractivity contribution is -0.121. The van der Waals surface area contributed by atoms with Gasteiger partial charge in [0.25, 0.3) is 0 Å². The van der Waals surface area contributed by atoms with Crippen LogP contribution >= 0.6 is 0 Å². The van der Waals surface area contributed by atoms with Gasteiger partial charge in [-0.3, -0.25) is 4.79 Å². The van der Waals surface area contributed by atoms with Gasteiger partial charge in [-0.1, -0.05) is 48.0 Å². The Morgan fingerprint density at radius 3 is 2.76 bits per heavy atom. The summed E-state index contributed by atoms with van der Waals surface area (Å²) in [7, 11) is 0. The van der Waals surface area contributed by atoms with Gasteiger partial charge in [0.15, 0.2) is 0 Å². The zero-order chi connectivity index (χ0) is 14.7. The molecule has 0 spiro atoms. The summed E-state index contributed by atoms with van der Waals surface area (Å²) in [6, 6.07) is 16.2. The molecule has 2 aromatic rings. The van der Waals surface area contributed by atoms with Crippen molar-refractivity contribution in [2.45, 2.75) is 25.8 Å². The molecule has 0 saturated carbocycles. The van der Waals surface area contributed by atoms with Crippen LogP contribution in [0.1, 0.15) is 29.2 Å². The number of aryl methyl sites for hydroxylation is 2. The van der Waals surface area contributed by atoms with E-state index in [1.165, 1.54) is 11.1 Å². The number of hydrogen-bond donors (Lipinski definition) is 1. The molecule has 3 nitrogen and oxygen atoms in total. The van der Waals surface area contributed by atoms with Crippen LogP contribution in [0.3, 0.4) is 0 Å². The molecule has 3 rings (SSSR count). The summed E-state index contributed by atoms with van der Waals surface area (Å²) >= 11 is 0. The average Bonchev–Trinajstić information content (AvgIpc) is 2.90. The van der Waals surface area contributed by atoms with E-state index in [2.05, 4.69) is 36.5 Å². The SMILES string of the molecule is Cc1ccc(CCC(=O)NC2COc3ccccc32)cc1. The molecule has 0 radical (unpaired) electrons. The van der Waals surface area contributed by atoms with Crippen LogP contribution in [-0.4, -0.2) is 12.5 Å². The van der Waals surface area contributed by atoms with E-state index in [9.17, 15) is 4.79 Å². The second-order valence-corrected chi connectivity index (χ2v) is 5.45. The number of fused-ring (bicyclic) bond motifs is 1. The van der Waals surface area contributed by atoms with Crippen molar-refractivity contribution in [1.29, 1.82) is 0 Å². The first-order valence-electron chi connectivity index (χ1n) is 7.29. The number of hydrogen-bond acceptors (Lipinski definition) is 2. The summed E-state index contributed by atoms with van der Waals surface area (Å²) in [5.41, 5.74) is 3.50. The van der Waals surface area contributed by atoms with Crippen LogP contribution in [0.2, 0.25) is 0 Å². The molecular weight excluding hydrogens is 262 g/mol. The van der Waals surface area contributed by atoms with Crippen molar-refractivity contribution in [2.75, 3.05) is 6.61 Å². The van der Waals surface area contributed by atoms with Gasteiger partial charge in [-0.05, 0) is 25.0 Å². The van der Waals surface area contributed by atoms with E-state index >= 15 is 0 Å². The number of para-hydroxylation sites is 1. The molecule has 3 heteroatoms. The molecule has 1 amide bonds. The normalized spacial score (nSPS) is 16.1. The van der Waals surface area contributed by atoms with Crippen LogP contribution < -0.4 is 10.1 Å². The molecule has 21 heavy (non-hydrogen) atoms. The number of amides is 1.